The van der Waals surface area contributed by atoms with Crippen molar-refractivity contribution in [3.63, 3.8) is 0 Å². The number of hydrogen-bond donors (Lipinski definition) is 0. The average Bonchev–Trinajstić information content (AvgIpc) is 2.88. The van der Waals surface area contributed by atoms with Crippen molar-refractivity contribution in [2.75, 3.05) is 7.05 Å². The van der Waals surface area contributed by atoms with Crippen molar-refractivity contribution < 1.29 is 4.79 Å². The minimum absolute atomic E-state index is 0.0605. The molecule has 0 radical (unpaired) electrons. The largest absolute Gasteiger partial charge is 0.347 e. The van der Waals surface area contributed by atoms with Crippen molar-refractivity contribution >= 4 is 17.2 Å². The second kappa shape index (κ2) is 4.75. The number of thiophene rings is 1. The summed E-state index contributed by atoms with van der Waals surface area (Å²) >= 11 is 1.70. The monoisotopic (exact) mass is 248 g/mol. The molecule has 1 amide bonds. The summed E-state index contributed by atoms with van der Waals surface area (Å²) in [5.74, 6) is 0.0605. The summed E-state index contributed by atoms with van der Waals surface area (Å²) in [6, 6.07) is 5.82. The predicted octanol–water partition coefficient (Wildman–Crippen LogP) is 2.67. The van der Waals surface area contributed by atoms with Crippen molar-refractivity contribution in [3.8, 4) is 0 Å². The molecule has 2 rings (SSSR count). The third-order valence-corrected chi connectivity index (χ3v) is 3.87. The minimum Gasteiger partial charge on any atom is -0.347 e. The molecule has 4 heteroatoms. The van der Waals surface area contributed by atoms with Crippen LogP contribution in [0, 0.1) is 6.92 Å². The second-order valence-corrected chi connectivity index (χ2v) is 5.19. The average molecular weight is 248 g/mol. The molecule has 0 saturated carbocycles. The van der Waals surface area contributed by atoms with Crippen LogP contribution in [0.3, 0.4) is 0 Å². The molecule has 0 unspecified atom stereocenters. The van der Waals surface area contributed by atoms with Gasteiger partial charge in [0, 0.05) is 25.2 Å². The van der Waals surface area contributed by atoms with Gasteiger partial charge in [0.25, 0.3) is 5.91 Å². The van der Waals surface area contributed by atoms with E-state index < -0.39 is 0 Å². The van der Waals surface area contributed by atoms with Gasteiger partial charge >= 0.3 is 0 Å². The van der Waals surface area contributed by atoms with Crippen LogP contribution in [0.4, 0.5) is 0 Å². The summed E-state index contributed by atoms with van der Waals surface area (Å²) in [5, 5.41) is 2.06. The van der Waals surface area contributed by atoms with E-state index >= 15 is 0 Å². The van der Waals surface area contributed by atoms with Crippen LogP contribution >= 0.6 is 11.3 Å². The van der Waals surface area contributed by atoms with Crippen molar-refractivity contribution in [2.24, 2.45) is 7.05 Å². The van der Waals surface area contributed by atoms with E-state index in [1.807, 2.05) is 37.0 Å². The van der Waals surface area contributed by atoms with Gasteiger partial charge in [0.15, 0.2) is 0 Å². The van der Waals surface area contributed by atoms with E-state index in [-0.39, 0.29) is 5.91 Å². The van der Waals surface area contributed by atoms with Crippen molar-refractivity contribution in [3.05, 3.63) is 45.9 Å². The fraction of sp³-hybridized carbons (Fsp3) is 0.308. The van der Waals surface area contributed by atoms with Crippen LogP contribution in [0.2, 0.25) is 0 Å². The van der Waals surface area contributed by atoms with Crippen LogP contribution in [0.15, 0.2) is 29.8 Å². The SMILES string of the molecule is Cc1ccsc1CN(C)C(=O)c1cccn1C. The van der Waals surface area contributed by atoms with Crippen molar-refractivity contribution in [2.45, 2.75) is 13.5 Å². The molecular weight excluding hydrogens is 232 g/mol. The molecule has 0 aliphatic carbocycles. The molecule has 0 aromatic carbocycles. The highest BCUT2D eigenvalue weighted by atomic mass is 32.1. The second-order valence-electron chi connectivity index (χ2n) is 4.19. The summed E-state index contributed by atoms with van der Waals surface area (Å²) < 4.78 is 1.85. The summed E-state index contributed by atoms with van der Waals surface area (Å²) in [6.45, 7) is 2.75. The van der Waals surface area contributed by atoms with E-state index in [2.05, 4.69) is 18.4 Å². The molecule has 0 aliphatic heterocycles. The first-order chi connectivity index (χ1) is 8.09. The van der Waals surface area contributed by atoms with Gasteiger partial charge in [-0.1, -0.05) is 0 Å². The zero-order valence-corrected chi connectivity index (χ0v) is 11.1. The molecular formula is C13H16N2OS. The van der Waals surface area contributed by atoms with Gasteiger partial charge in [-0.25, -0.2) is 0 Å². The molecule has 0 aliphatic rings. The van der Waals surface area contributed by atoms with Gasteiger partial charge in [0.05, 0.1) is 6.54 Å². The molecule has 0 spiro atoms. The fourth-order valence-electron chi connectivity index (χ4n) is 1.73. The highest BCUT2D eigenvalue weighted by Crippen LogP contribution is 2.18. The topological polar surface area (TPSA) is 25.2 Å². The maximum absolute atomic E-state index is 12.2. The molecule has 2 aromatic heterocycles. The molecule has 17 heavy (non-hydrogen) atoms. The normalized spacial score (nSPS) is 10.5. The Hall–Kier alpha value is -1.55. The van der Waals surface area contributed by atoms with Crippen molar-refractivity contribution in [1.29, 1.82) is 0 Å². The summed E-state index contributed by atoms with van der Waals surface area (Å²) in [5.41, 5.74) is 1.98. The van der Waals surface area contributed by atoms with E-state index in [0.29, 0.717) is 6.54 Å². The van der Waals surface area contributed by atoms with Crippen LogP contribution in [0.25, 0.3) is 0 Å². The summed E-state index contributed by atoms with van der Waals surface area (Å²) in [6.07, 6.45) is 1.89. The van der Waals surface area contributed by atoms with E-state index in [1.165, 1.54) is 10.4 Å². The standard InChI is InChI=1S/C13H16N2OS/c1-10-6-8-17-12(10)9-15(3)13(16)11-5-4-7-14(11)2/h4-8H,9H2,1-3H3. The van der Waals surface area contributed by atoms with Gasteiger partial charge in [-0.3, -0.25) is 4.79 Å². The Morgan fingerprint density at radius 2 is 2.24 bits per heavy atom. The predicted molar refractivity (Wildman–Crippen MR) is 70.3 cm³/mol. The molecule has 0 saturated heterocycles. The molecule has 3 nitrogen and oxygen atoms in total. The van der Waals surface area contributed by atoms with E-state index in [4.69, 9.17) is 0 Å². The number of rotatable bonds is 3. The number of nitrogens with zero attached hydrogens (tertiary/aromatic N) is 2. The number of carbonyl (C=O) groups is 1. The molecule has 90 valence electrons. The Labute approximate surface area is 105 Å². The van der Waals surface area contributed by atoms with Gasteiger partial charge in [-0.05, 0) is 36.1 Å². The maximum atomic E-state index is 12.2. The lowest BCUT2D eigenvalue weighted by Gasteiger charge is -2.17. The molecule has 2 heterocycles. The summed E-state index contributed by atoms with van der Waals surface area (Å²) in [4.78, 5) is 15.2. The van der Waals surface area contributed by atoms with Crippen LogP contribution in [0.5, 0.6) is 0 Å². The van der Waals surface area contributed by atoms with Crippen molar-refractivity contribution in [1.82, 2.24) is 9.47 Å². The maximum Gasteiger partial charge on any atom is 0.270 e. The molecule has 0 N–H and O–H groups in total. The third kappa shape index (κ3) is 2.42. The van der Waals surface area contributed by atoms with Gasteiger partial charge in [-0.15, -0.1) is 11.3 Å². The van der Waals surface area contributed by atoms with E-state index in [9.17, 15) is 4.79 Å². The van der Waals surface area contributed by atoms with Crippen LogP contribution in [0.1, 0.15) is 20.9 Å². The first kappa shape index (κ1) is 11.9. The van der Waals surface area contributed by atoms with Gasteiger partial charge in [0.2, 0.25) is 0 Å². The Bertz CT molecular complexity index is 527. The minimum atomic E-state index is 0.0605. The van der Waals surface area contributed by atoms with Gasteiger partial charge in [-0.2, -0.15) is 0 Å². The quantitative estimate of drug-likeness (QED) is 0.820. The molecule has 0 bridgehead atoms. The number of hydrogen-bond acceptors (Lipinski definition) is 2. The molecule has 0 fully saturated rings. The fourth-order valence-corrected chi connectivity index (χ4v) is 2.69. The lowest BCUT2D eigenvalue weighted by atomic mass is 10.2. The van der Waals surface area contributed by atoms with Gasteiger partial charge < -0.3 is 9.47 Å². The summed E-state index contributed by atoms with van der Waals surface area (Å²) in [7, 11) is 3.73. The smallest absolute Gasteiger partial charge is 0.270 e. The van der Waals surface area contributed by atoms with E-state index in [0.717, 1.165) is 5.69 Å². The zero-order valence-electron chi connectivity index (χ0n) is 10.3. The van der Waals surface area contributed by atoms with Crippen LogP contribution in [-0.4, -0.2) is 22.4 Å². The number of aromatic nitrogens is 1. The first-order valence-corrected chi connectivity index (χ1v) is 6.37. The Balaban J connectivity index is 2.11. The number of carbonyl (C=O) groups excluding carboxylic acids is 1. The first-order valence-electron chi connectivity index (χ1n) is 5.49. The van der Waals surface area contributed by atoms with Gasteiger partial charge in [0.1, 0.15) is 5.69 Å². The zero-order chi connectivity index (χ0) is 12.4. The highest BCUT2D eigenvalue weighted by molar-refractivity contribution is 7.10. The lowest BCUT2D eigenvalue weighted by Crippen LogP contribution is -2.27. The molecule has 0 atom stereocenters. The Morgan fingerprint density at radius 1 is 1.47 bits per heavy atom. The third-order valence-electron chi connectivity index (χ3n) is 2.86. The Kier molecular flexibility index (Phi) is 3.33. The van der Waals surface area contributed by atoms with Crippen LogP contribution in [-0.2, 0) is 13.6 Å². The number of amides is 1. The van der Waals surface area contributed by atoms with E-state index in [1.54, 1.807) is 16.2 Å². The molecule has 2 aromatic rings. The lowest BCUT2D eigenvalue weighted by molar-refractivity contribution is 0.0777. The number of aryl methyl sites for hydroxylation is 2. The van der Waals surface area contributed by atoms with Crippen LogP contribution < -0.4 is 0 Å². The highest BCUT2D eigenvalue weighted by Gasteiger charge is 2.15. The Morgan fingerprint density at radius 3 is 2.76 bits per heavy atom.